The highest BCUT2D eigenvalue weighted by molar-refractivity contribution is 6.01. The average Bonchev–Trinajstić information content (AvgIpc) is 3.09. The molecule has 112 valence electrons. The van der Waals surface area contributed by atoms with E-state index in [9.17, 15) is 9.59 Å². The maximum absolute atomic E-state index is 12.1. The molecular formula is C16H15N3O3. The van der Waals surface area contributed by atoms with E-state index in [2.05, 4.69) is 15.8 Å². The predicted octanol–water partition coefficient (Wildman–Crippen LogP) is 2.45. The van der Waals surface area contributed by atoms with Gasteiger partial charge in [-0.05, 0) is 38.1 Å². The molecule has 22 heavy (non-hydrogen) atoms. The second-order valence-electron chi connectivity index (χ2n) is 5.07. The van der Waals surface area contributed by atoms with Crippen molar-refractivity contribution in [2.75, 3.05) is 0 Å². The fraction of sp³-hybridized carbons (Fsp3) is 0.125. The Kier molecular flexibility index (Phi) is 3.42. The van der Waals surface area contributed by atoms with Crippen LogP contribution in [0, 0.1) is 13.8 Å². The van der Waals surface area contributed by atoms with Crippen LogP contribution in [-0.4, -0.2) is 16.8 Å². The van der Waals surface area contributed by atoms with Crippen molar-refractivity contribution < 1.29 is 14.0 Å². The third-order valence-corrected chi connectivity index (χ3v) is 3.41. The maximum Gasteiger partial charge on any atom is 0.286 e. The number of aromatic amines is 1. The molecule has 0 saturated carbocycles. The van der Waals surface area contributed by atoms with Gasteiger partial charge in [-0.2, -0.15) is 0 Å². The number of furan rings is 1. The first kappa shape index (κ1) is 13.9. The third kappa shape index (κ3) is 2.58. The van der Waals surface area contributed by atoms with Crippen molar-refractivity contribution in [2.45, 2.75) is 13.8 Å². The number of carbonyl (C=O) groups is 2. The molecule has 6 nitrogen and oxygen atoms in total. The molecule has 0 aliphatic heterocycles. The van der Waals surface area contributed by atoms with Crippen LogP contribution in [0.15, 0.2) is 41.0 Å². The number of aromatic nitrogens is 1. The van der Waals surface area contributed by atoms with Crippen molar-refractivity contribution in [1.82, 2.24) is 15.8 Å². The molecule has 0 saturated heterocycles. The van der Waals surface area contributed by atoms with Crippen LogP contribution in [0.3, 0.4) is 0 Å². The van der Waals surface area contributed by atoms with Gasteiger partial charge in [0.1, 0.15) is 11.5 Å². The summed E-state index contributed by atoms with van der Waals surface area (Å²) in [6.45, 7) is 3.66. The van der Waals surface area contributed by atoms with Gasteiger partial charge >= 0.3 is 0 Å². The van der Waals surface area contributed by atoms with E-state index in [1.54, 1.807) is 19.1 Å². The Bertz CT molecular complexity index is 861. The number of benzene rings is 1. The lowest BCUT2D eigenvalue weighted by Gasteiger charge is -2.05. The first-order valence-electron chi connectivity index (χ1n) is 6.79. The van der Waals surface area contributed by atoms with Gasteiger partial charge in [-0.15, -0.1) is 0 Å². The fourth-order valence-electron chi connectivity index (χ4n) is 2.24. The van der Waals surface area contributed by atoms with Gasteiger partial charge in [0.25, 0.3) is 11.8 Å². The highest BCUT2D eigenvalue weighted by Crippen LogP contribution is 2.16. The topological polar surface area (TPSA) is 87.1 Å². The van der Waals surface area contributed by atoms with Gasteiger partial charge < -0.3 is 9.40 Å². The molecule has 3 N–H and O–H groups in total. The standard InChI is InChI=1S/C16H15N3O3/c1-9-3-4-13-11(7-9)8-14(17-13)16(21)19-18-15(20)12-5-6-22-10(12)2/h3-8,17H,1-2H3,(H,18,20)(H,19,21). The van der Waals surface area contributed by atoms with E-state index in [1.165, 1.54) is 6.26 Å². The molecule has 3 rings (SSSR count). The van der Waals surface area contributed by atoms with E-state index in [4.69, 9.17) is 4.42 Å². The zero-order valence-corrected chi connectivity index (χ0v) is 12.2. The minimum Gasteiger partial charge on any atom is -0.469 e. The molecule has 0 aliphatic carbocycles. The number of H-pyrrole nitrogens is 1. The van der Waals surface area contributed by atoms with Gasteiger partial charge in [0.15, 0.2) is 0 Å². The summed E-state index contributed by atoms with van der Waals surface area (Å²) < 4.78 is 5.05. The van der Waals surface area contributed by atoms with Gasteiger partial charge in [-0.25, -0.2) is 0 Å². The quantitative estimate of drug-likeness (QED) is 0.635. The summed E-state index contributed by atoms with van der Waals surface area (Å²) in [5.41, 5.74) is 7.48. The molecule has 0 fully saturated rings. The van der Waals surface area contributed by atoms with E-state index in [0.29, 0.717) is 17.0 Å². The molecule has 0 unspecified atom stereocenters. The molecule has 0 bridgehead atoms. The number of carbonyl (C=O) groups excluding carboxylic acids is 2. The normalized spacial score (nSPS) is 10.6. The second kappa shape index (κ2) is 5.40. The Balaban J connectivity index is 1.71. The second-order valence-corrected chi connectivity index (χ2v) is 5.07. The lowest BCUT2D eigenvalue weighted by atomic mass is 10.2. The summed E-state index contributed by atoms with van der Waals surface area (Å²) in [4.78, 5) is 27.0. The number of rotatable bonds is 2. The van der Waals surface area contributed by atoms with Crippen molar-refractivity contribution in [3.8, 4) is 0 Å². The largest absolute Gasteiger partial charge is 0.469 e. The number of hydrogen-bond donors (Lipinski definition) is 3. The lowest BCUT2D eigenvalue weighted by molar-refractivity contribution is 0.0843. The molecular weight excluding hydrogens is 282 g/mol. The molecule has 0 atom stereocenters. The summed E-state index contributed by atoms with van der Waals surface area (Å²) in [5.74, 6) is -0.345. The zero-order valence-electron chi connectivity index (χ0n) is 12.2. The highest BCUT2D eigenvalue weighted by Gasteiger charge is 2.14. The molecule has 2 aromatic heterocycles. The molecule has 1 aromatic carbocycles. The summed E-state index contributed by atoms with van der Waals surface area (Å²) in [6, 6.07) is 9.14. The van der Waals surface area contributed by atoms with Crippen LogP contribution in [0.25, 0.3) is 10.9 Å². The van der Waals surface area contributed by atoms with Crippen molar-refractivity contribution in [3.05, 3.63) is 59.2 Å². The Hall–Kier alpha value is -3.02. The summed E-state index contributed by atoms with van der Waals surface area (Å²) in [6.07, 6.45) is 1.42. The molecule has 0 spiro atoms. The van der Waals surface area contributed by atoms with Gasteiger partial charge in [0.2, 0.25) is 0 Å². The zero-order chi connectivity index (χ0) is 15.7. The first-order valence-corrected chi connectivity index (χ1v) is 6.79. The van der Waals surface area contributed by atoms with Gasteiger partial charge in [-0.3, -0.25) is 20.4 Å². The Morgan fingerprint density at radius 2 is 1.82 bits per heavy atom. The number of amides is 2. The van der Waals surface area contributed by atoms with E-state index in [1.807, 2.05) is 25.1 Å². The van der Waals surface area contributed by atoms with Crippen LogP contribution in [0.4, 0.5) is 0 Å². The third-order valence-electron chi connectivity index (χ3n) is 3.41. The van der Waals surface area contributed by atoms with E-state index in [-0.39, 0.29) is 0 Å². The SMILES string of the molecule is Cc1ccc2[nH]c(C(=O)NNC(=O)c3ccoc3C)cc2c1. The fourth-order valence-corrected chi connectivity index (χ4v) is 2.24. The van der Waals surface area contributed by atoms with Crippen LogP contribution >= 0.6 is 0 Å². The van der Waals surface area contributed by atoms with E-state index >= 15 is 0 Å². The summed E-state index contributed by atoms with van der Waals surface area (Å²) in [5, 5.41) is 0.946. The van der Waals surface area contributed by atoms with Crippen LogP contribution in [-0.2, 0) is 0 Å². The van der Waals surface area contributed by atoms with E-state index in [0.717, 1.165) is 16.5 Å². The minimum absolute atomic E-state index is 0.379. The van der Waals surface area contributed by atoms with Crippen LogP contribution in [0.5, 0.6) is 0 Å². The monoisotopic (exact) mass is 297 g/mol. The van der Waals surface area contributed by atoms with Crippen molar-refractivity contribution >= 4 is 22.7 Å². The van der Waals surface area contributed by atoms with Gasteiger partial charge in [0.05, 0.1) is 11.8 Å². The number of hydrazine groups is 1. The Morgan fingerprint density at radius 3 is 2.55 bits per heavy atom. The molecule has 3 aromatic rings. The predicted molar refractivity (Wildman–Crippen MR) is 81.4 cm³/mol. The van der Waals surface area contributed by atoms with Crippen LogP contribution in [0.2, 0.25) is 0 Å². The van der Waals surface area contributed by atoms with Crippen molar-refractivity contribution in [1.29, 1.82) is 0 Å². The van der Waals surface area contributed by atoms with E-state index < -0.39 is 11.8 Å². The van der Waals surface area contributed by atoms with Gasteiger partial charge in [-0.1, -0.05) is 11.6 Å². The Labute approximate surface area is 126 Å². The smallest absolute Gasteiger partial charge is 0.286 e. The van der Waals surface area contributed by atoms with Gasteiger partial charge in [0, 0.05) is 10.9 Å². The van der Waals surface area contributed by atoms with Crippen LogP contribution in [0.1, 0.15) is 32.2 Å². The molecule has 2 heterocycles. The minimum atomic E-state index is -0.424. The molecule has 0 radical (unpaired) electrons. The van der Waals surface area contributed by atoms with Crippen molar-refractivity contribution in [2.24, 2.45) is 0 Å². The number of fused-ring (bicyclic) bond motifs is 1. The summed E-state index contributed by atoms with van der Waals surface area (Å²) in [7, 11) is 0. The molecule has 0 aliphatic rings. The molecule has 6 heteroatoms. The maximum atomic E-state index is 12.1. The Morgan fingerprint density at radius 1 is 1.05 bits per heavy atom. The van der Waals surface area contributed by atoms with Crippen LogP contribution < -0.4 is 10.9 Å². The lowest BCUT2D eigenvalue weighted by Crippen LogP contribution is -2.41. The number of hydrogen-bond acceptors (Lipinski definition) is 3. The summed E-state index contributed by atoms with van der Waals surface area (Å²) >= 11 is 0. The number of nitrogens with one attached hydrogen (secondary N) is 3. The number of aryl methyl sites for hydroxylation is 2. The molecule has 2 amide bonds. The van der Waals surface area contributed by atoms with Crippen molar-refractivity contribution in [3.63, 3.8) is 0 Å². The highest BCUT2D eigenvalue weighted by atomic mass is 16.3. The first-order chi connectivity index (χ1) is 10.5. The average molecular weight is 297 g/mol.